The molecule has 2 rings (SSSR count). The summed E-state index contributed by atoms with van der Waals surface area (Å²) in [5, 5.41) is 2.62. The molecule has 1 unspecified atom stereocenters. The van der Waals surface area contributed by atoms with Crippen molar-refractivity contribution in [1.29, 1.82) is 0 Å². The molecule has 1 aliphatic rings. The highest BCUT2D eigenvalue weighted by Crippen LogP contribution is 2.37. The summed E-state index contributed by atoms with van der Waals surface area (Å²) in [5.41, 5.74) is -0.630. The number of nitrogens with one attached hydrogen (secondary N) is 1. The van der Waals surface area contributed by atoms with Crippen molar-refractivity contribution in [2.75, 3.05) is 5.32 Å². The van der Waals surface area contributed by atoms with Gasteiger partial charge in [0.2, 0.25) is 0 Å². The van der Waals surface area contributed by atoms with Gasteiger partial charge in [0.25, 0.3) is 0 Å². The first-order valence-corrected chi connectivity index (χ1v) is 6.40. The Bertz CT molecular complexity index is 459. The topological polar surface area (TPSA) is 12.0 Å². The lowest BCUT2D eigenvalue weighted by Gasteiger charge is -2.36. The number of rotatable bonds is 2. The van der Waals surface area contributed by atoms with Gasteiger partial charge < -0.3 is 5.32 Å². The van der Waals surface area contributed by atoms with Crippen LogP contribution < -0.4 is 5.32 Å². The van der Waals surface area contributed by atoms with Crippen LogP contribution in [0.1, 0.15) is 39.5 Å². The van der Waals surface area contributed by atoms with Crippen LogP contribution in [-0.4, -0.2) is 6.04 Å². The second-order valence-electron chi connectivity index (χ2n) is 5.95. The molecule has 1 fully saturated rings. The van der Waals surface area contributed by atoms with Crippen LogP contribution in [0.25, 0.3) is 0 Å². The highest BCUT2D eigenvalue weighted by Gasteiger charge is 2.30. The van der Waals surface area contributed by atoms with Gasteiger partial charge in [0.1, 0.15) is 5.69 Å². The third-order valence-electron chi connectivity index (χ3n) is 3.67. The molecular formula is C14H17F4N. The number of hydrogen-bond donors (Lipinski definition) is 1. The minimum Gasteiger partial charge on any atom is -0.377 e. The third-order valence-corrected chi connectivity index (χ3v) is 3.67. The van der Waals surface area contributed by atoms with E-state index in [1.54, 1.807) is 0 Å². The molecule has 0 aromatic heterocycles. The van der Waals surface area contributed by atoms with Gasteiger partial charge in [-0.3, -0.25) is 0 Å². The van der Waals surface area contributed by atoms with Crippen LogP contribution in [-0.2, 0) is 0 Å². The monoisotopic (exact) mass is 275 g/mol. The first kappa shape index (κ1) is 14.2. The normalized spacial score (nSPS) is 22.3. The van der Waals surface area contributed by atoms with E-state index in [2.05, 4.69) is 19.2 Å². The van der Waals surface area contributed by atoms with Crippen LogP contribution in [0, 0.1) is 28.7 Å². The summed E-state index contributed by atoms with van der Waals surface area (Å²) in [6.45, 7) is 4.14. The van der Waals surface area contributed by atoms with Gasteiger partial charge >= 0.3 is 0 Å². The summed E-state index contributed by atoms with van der Waals surface area (Å²) in [5.74, 6) is -5.47. The Morgan fingerprint density at radius 1 is 1.11 bits per heavy atom. The Hall–Kier alpha value is -1.26. The molecule has 0 spiro atoms. The van der Waals surface area contributed by atoms with Crippen LogP contribution in [0.15, 0.2) is 6.07 Å². The second-order valence-corrected chi connectivity index (χ2v) is 5.95. The van der Waals surface area contributed by atoms with E-state index in [4.69, 9.17) is 0 Å². The quantitative estimate of drug-likeness (QED) is 0.613. The maximum absolute atomic E-state index is 13.5. The molecule has 1 aliphatic carbocycles. The number of benzene rings is 1. The van der Waals surface area contributed by atoms with Crippen LogP contribution in [0.5, 0.6) is 0 Å². The fraction of sp³-hybridized carbons (Fsp3) is 0.571. The molecule has 1 nitrogen and oxygen atoms in total. The first-order valence-electron chi connectivity index (χ1n) is 6.40. The van der Waals surface area contributed by atoms with Crippen molar-refractivity contribution in [3.05, 3.63) is 29.3 Å². The third kappa shape index (κ3) is 3.01. The van der Waals surface area contributed by atoms with Crippen molar-refractivity contribution in [2.45, 2.75) is 45.6 Å². The molecule has 1 N–H and O–H groups in total. The summed E-state index contributed by atoms with van der Waals surface area (Å²) in [4.78, 5) is 0. The summed E-state index contributed by atoms with van der Waals surface area (Å²) in [6.07, 6.45) is 3.41. The molecule has 0 bridgehead atoms. The SMILES string of the molecule is CC1(C)CCCC(Nc2c(F)c(F)cc(F)c2F)C1. The molecule has 106 valence electrons. The fourth-order valence-corrected chi connectivity index (χ4v) is 2.73. The zero-order valence-corrected chi connectivity index (χ0v) is 11.0. The summed E-state index contributed by atoms with van der Waals surface area (Å²) < 4.78 is 53.3. The van der Waals surface area contributed by atoms with Gasteiger partial charge in [0, 0.05) is 12.1 Å². The molecule has 1 atom stereocenters. The predicted molar refractivity (Wildman–Crippen MR) is 65.9 cm³/mol. The average Bonchev–Trinajstić information content (AvgIpc) is 2.31. The van der Waals surface area contributed by atoms with Crippen molar-refractivity contribution in [1.82, 2.24) is 0 Å². The van der Waals surface area contributed by atoms with Crippen LogP contribution >= 0.6 is 0 Å². The molecule has 1 aromatic rings. The highest BCUT2D eigenvalue weighted by atomic mass is 19.2. The molecule has 0 aliphatic heterocycles. The molecule has 19 heavy (non-hydrogen) atoms. The Morgan fingerprint density at radius 3 is 2.21 bits per heavy atom. The molecule has 0 saturated heterocycles. The smallest absolute Gasteiger partial charge is 0.185 e. The molecule has 0 amide bonds. The first-order chi connectivity index (χ1) is 8.80. The molecule has 0 radical (unpaired) electrons. The van der Waals surface area contributed by atoms with Gasteiger partial charge in [-0.15, -0.1) is 0 Å². The zero-order chi connectivity index (χ0) is 14.2. The van der Waals surface area contributed by atoms with Crippen LogP contribution in [0.3, 0.4) is 0 Å². The van der Waals surface area contributed by atoms with Gasteiger partial charge in [0.15, 0.2) is 23.3 Å². The predicted octanol–water partition coefficient (Wildman–Crippen LogP) is 4.62. The Balaban J connectivity index is 2.24. The van der Waals surface area contributed by atoms with E-state index in [0.717, 1.165) is 19.3 Å². The van der Waals surface area contributed by atoms with E-state index >= 15 is 0 Å². The van der Waals surface area contributed by atoms with Crippen molar-refractivity contribution in [3.8, 4) is 0 Å². The van der Waals surface area contributed by atoms with Crippen LogP contribution in [0.2, 0.25) is 0 Å². The van der Waals surface area contributed by atoms with Gasteiger partial charge in [0.05, 0.1) is 0 Å². The van der Waals surface area contributed by atoms with E-state index in [9.17, 15) is 17.6 Å². The van der Waals surface area contributed by atoms with Gasteiger partial charge in [-0.1, -0.05) is 20.3 Å². The minimum atomic E-state index is -1.38. The Morgan fingerprint density at radius 2 is 1.68 bits per heavy atom. The second kappa shape index (κ2) is 5.02. The van der Waals surface area contributed by atoms with E-state index in [1.165, 1.54) is 0 Å². The standard InChI is InChI=1S/C14H17F4N/c1-14(2)5-3-4-8(7-14)19-13-11(17)9(15)6-10(16)12(13)18/h6,8,19H,3-5,7H2,1-2H3. The van der Waals surface area contributed by atoms with E-state index < -0.39 is 29.0 Å². The molecule has 0 heterocycles. The molecule has 5 heteroatoms. The average molecular weight is 275 g/mol. The maximum atomic E-state index is 13.5. The Labute approximate surface area is 110 Å². The van der Waals surface area contributed by atoms with Gasteiger partial charge in [-0.25, -0.2) is 17.6 Å². The number of anilines is 1. The van der Waals surface area contributed by atoms with Gasteiger partial charge in [-0.05, 0) is 24.7 Å². The van der Waals surface area contributed by atoms with Gasteiger partial charge in [-0.2, -0.15) is 0 Å². The van der Waals surface area contributed by atoms with Crippen molar-refractivity contribution in [2.24, 2.45) is 5.41 Å². The summed E-state index contributed by atoms with van der Waals surface area (Å²) >= 11 is 0. The van der Waals surface area contributed by atoms with E-state index in [1.807, 2.05) is 0 Å². The zero-order valence-electron chi connectivity index (χ0n) is 11.0. The largest absolute Gasteiger partial charge is 0.377 e. The lowest BCUT2D eigenvalue weighted by molar-refractivity contribution is 0.229. The molecule has 1 aromatic carbocycles. The maximum Gasteiger partial charge on any atom is 0.185 e. The van der Waals surface area contributed by atoms with Crippen molar-refractivity contribution >= 4 is 5.69 Å². The fourth-order valence-electron chi connectivity index (χ4n) is 2.73. The lowest BCUT2D eigenvalue weighted by atomic mass is 9.75. The molecular weight excluding hydrogens is 258 g/mol. The van der Waals surface area contributed by atoms with E-state index in [-0.39, 0.29) is 17.5 Å². The molecule has 1 saturated carbocycles. The Kier molecular flexibility index (Phi) is 3.74. The lowest BCUT2D eigenvalue weighted by Crippen LogP contribution is -2.32. The van der Waals surface area contributed by atoms with Crippen LogP contribution in [0.4, 0.5) is 23.2 Å². The van der Waals surface area contributed by atoms with E-state index in [0.29, 0.717) is 6.42 Å². The number of hydrogen-bond acceptors (Lipinski definition) is 1. The highest BCUT2D eigenvalue weighted by molar-refractivity contribution is 5.48. The number of halogens is 4. The summed E-state index contributed by atoms with van der Waals surface area (Å²) in [6, 6.07) is 0.0506. The van der Waals surface area contributed by atoms with Crippen molar-refractivity contribution in [3.63, 3.8) is 0 Å². The summed E-state index contributed by atoms with van der Waals surface area (Å²) in [7, 11) is 0. The minimum absolute atomic E-state index is 0.0642. The van der Waals surface area contributed by atoms with Crippen molar-refractivity contribution < 1.29 is 17.6 Å².